The van der Waals surface area contributed by atoms with Crippen molar-refractivity contribution in [1.29, 1.82) is 5.26 Å². The first kappa shape index (κ1) is 23.3. The van der Waals surface area contributed by atoms with Gasteiger partial charge in [-0.25, -0.2) is 8.42 Å². The average molecular weight is 524 g/mol. The van der Waals surface area contributed by atoms with E-state index < -0.39 is 15.6 Å². The van der Waals surface area contributed by atoms with E-state index in [1.807, 2.05) is 0 Å². The summed E-state index contributed by atoms with van der Waals surface area (Å²) in [7, 11) is -4.05. The van der Waals surface area contributed by atoms with Crippen LogP contribution >= 0.6 is 11.6 Å². The fourth-order valence-corrected chi connectivity index (χ4v) is 8.20. The molecule has 2 aliphatic heterocycles. The fraction of sp³-hybridized carbons (Fsp3) is 0.385. The summed E-state index contributed by atoms with van der Waals surface area (Å²) >= 11 is 6.34. The zero-order valence-corrected chi connectivity index (χ0v) is 21.2. The monoisotopic (exact) mass is 523 g/mol. The molecule has 3 heterocycles. The summed E-state index contributed by atoms with van der Waals surface area (Å²) in [5, 5.41) is 13.7. The lowest BCUT2D eigenvalue weighted by Gasteiger charge is -2.27. The number of nitrogens with zero attached hydrogens (tertiary/aromatic N) is 3. The Morgan fingerprint density at radius 2 is 2.11 bits per heavy atom. The van der Waals surface area contributed by atoms with Crippen molar-refractivity contribution >= 4 is 43.8 Å². The Kier molecular flexibility index (Phi) is 5.71. The van der Waals surface area contributed by atoms with Crippen LogP contribution in [0.15, 0.2) is 46.2 Å². The highest BCUT2D eigenvalue weighted by Gasteiger charge is 2.37. The summed E-state index contributed by atoms with van der Waals surface area (Å²) in [5.74, 6) is 0.832. The number of pyridine rings is 1. The van der Waals surface area contributed by atoms with Gasteiger partial charge >= 0.3 is 0 Å². The van der Waals surface area contributed by atoms with Crippen molar-refractivity contribution in [2.45, 2.75) is 36.6 Å². The molecule has 0 spiro atoms. The van der Waals surface area contributed by atoms with Gasteiger partial charge in [0.05, 0.1) is 27.2 Å². The smallest absolute Gasteiger partial charge is 0.265 e. The highest BCUT2D eigenvalue weighted by molar-refractivity contribution is 7.93. The van der Waals surface area contributed by atoms with Crippen LogP contribution in [0.1, 0.15) is 30.4 Å². The zero-order chi connectivity index (χ0) is 25.0. The van der Waals surface area contributed by atoms with Gasteiger partial charge in [-0.15, -0.1) is 0 Å². The number of hydrogen-bond donors (Lipinski definition) is 2. The lowest BCUT2D eigenvalue weighted by atomic mass is 10.1. The highest BCUT2D eigenvalue weighted by Crippen LogP contribution is 2.40. The molecule has 1 aliphatic carbocycles. The minimum absolute atomic E-state index is 0.0232. The Morgan fingerprint density at radius 1 is 1.25 bits per heavy atom. The minimum Gasteiger partial charge on any atom is -0.383 e. The second-order valence-corrected chi connectivity index (χ2v) is 12.1. The molecule has 2 aromatic carbocycles. The van der Waals surface area contributed by atoms with Gasteiger partial charge < -0.3 is 10.3 Å². The topological polar surface area (TPSA) is 109 Å². The van der Waals surface area contributed by atoms with Gasteiger partial charge in [-0.2, -0.15) is 5.26 Å². The van der Waals surface area contributed by atoms with Crippen molar-refractivity contribution in [3.05, 3.63) is 63.0 Å². The molecule has 10 heteroatoms. The zero-order valence-electron chi connectivity index (χ0n) is 19.6. The van der Waals surface area contributed by atoms with Crippen LogP contribution in [-0.4, -0.2) is 50.5 Å². The Hall–Kier alpha value is -3.06. The number of sulfonamides is 1. The second-order valence-electron chi connectivity index (χ2n) is 9.86. The normalized spacial score (nSPS) is 21.2. The van der Waals surface area contributed by atoms with E-state index in [9.17, 15) is 18.5 Å². The van der Waals surface area contributed by atoms with Crippen LogP contribution in [0.5, 0.6) is 0 Å². The third-order valence-electron chi connectivity index (χ3n) is 7.83. The summed E-state index contributed by atoms with van der Waals surface area (Å²) in [6.45, 7) is 3.07. The Balaban J connectivity index is 1.33. The predicted octanol–water partition coefficient (Wildman–Crippen LogP) is 3.70. The van der Waals surface area contributed by atoms with Crippen LogP contribution in [0.4, 0.5) is 11.4 Å². The van der Waals surface area contributed by atoms with Gasteiger partial charge in [0.2, 0.25) is 0 Å². The third-order valence-corrected chi connectivity index (χ3v) is 9.99. The lowest BCUT2D eigenvalue weighted by molar-refractivity contribution is 0.221. The third kappa shape index (κ3) is 3.76. The molecule has 1 saturated heterocycles. The van der Waals surface area contributed by atoms with Crippen LogP contribution in [-0.2, 0) is 16.4 Å². The van der Waals surface area contributed by atoms with Gasteiger partial charge in [0, 0.05) is 60.4 Å². The van der Waals surface area contributed by atoms with Crippen LogP contribution in [0.2, 0.25) is 5.02 Å². The number of nitriles is 1. The Labute approximate surface area is 214 Å². The molecule has 3 aliphatic rings. The minimum atomic E-state index is -4.05. The van der Waals surface area contributed by atoms with Crippen molar-refractivity contribution in [1.82, 2.24) is 9.88 Å². The molecule has 2 atom stereocenters. The number of fused-ring (bicyclic) bond motifs is 4. The SMILES string of the molecule is N#Cc1cc(NCCN2C[C@@H]3CC[C@H]2C3)c2c(c1)N(S(=O)(=O)c1cccc3c(=O)[nH]cc(Cl)c13)CC2. The Morgan fingerprint density at radius 3 is 2.86 bits per heavy atom. The highest BCUT2D eigenvalue weighted by atomic mass is 35.5. The van der Waals surface area contributed by atoms with Gasteiger partial charge in [0.1, 0.15) is 0 Å². The molecule has 1 aromatic heterocycles. The first-order valence-electron chi connectivity index (χ1n) is 12.2. The van der Waals surface area contributed by atoms with Gasteiger partial charge in [0.15, 0.2) is 0 Å². The van der Waals surface area contributed by atoms with Crippen LogP contribution in [0.25, 0.3) is 10.8 Å². The van der Waals surface area contributed by atoms with E-state index in [0.29, 0.717) is 23.7 Å². The van der Waals surface area contributed by atoms with E-state index in [0.717, 1.165) is 36.8 Å². The summed E-state index contributed by atoms with van der Waals surface area (Å²) in [6.07, 6.45) is 5.76. The number of H-pyrrole nitrogens is 1. The molecule has 2 N–H and O–H groups in total. The largest absolute Gasteiger partial charge is 0.383 e. The summed E-state index contributed by atoms with van der Waals surface area (Å²) in [5.41, 5.74) is 2.17. The van der Waals surface area contributed by atoms with Crippen LogP contribution < -0.4 is 15.2 Å². The van der Waals surface area contributed by atoms with Crippen molar-refractivity contribution in [3.8, 4) is 6.07 Å². The Bertz CT molecular complexity index is 1580. The van der Waals surface area contributed by atoms with Crippen LogP contribution in [0, 0.1) is 17.2 Å². The first-order chi connectivity index (χ1) is 17.4. The maximum atomic E-state index is 13.9. The number of likely N-dealkylation sites (tertiary alicyclic amines) is 1. The molecule has 186 valence electrons. The number of halogens is 1. The van der Waals surface area contributed by atoms with Gasteiger partial charge in [0.25, 0.3) is 15.6 Å². The molecular weight excluding hydrogens is 498 g/mol. The molecular formula is C26H26ClN5O3S. The van der Waals surface area contributed by atoms with E-state index in [-0.39, 0.29) is 27.2 Å². The quantitative estimate of drug-likeness (QED) is 0.510. The number of anilines is 2. The van der Waals surface area contributed by atoms with Crippen molar-refractivity contribution < 1.29 is 8.42 Å². The second kappa shape index (κ2) is 8.80. The summed E-state index contributed by atoms with van der Waals surface area (Å²) < 4.78 is 29.1. The molecule has 2 bridgehead atoms. The predicted molar refractivity (Wildman–Crippen MR) is 140 cm³/mol. The lowest BCUT2D eigenvalue weighted by Crippen LogP contribution is -2.35. The molecule has 0 unspecified atom stereocenters. The molecule has 0 radical (unpaired) electrons. The standard InChI is InChI=1S/C26H26ClN5O3S/c27-21-14-30-26(33)20-2-1-3-24(25(20)21)36(34,35)32-8-6-19-22(11-17(13-28)12-23(19)32)29-7-9-31-15-16-4-5-18(31)10-16/h1-3,11-12,14,16,18,29H,4-10,15H2,(H,30,33)/t16-,18+/m1/s1. The van der Waals surface area contributed by atoms with Crippen LogP contribution in [0.3, 0.4) is 0 Å². The number of aromatic nitrogens is 1. The van der Waals surface area contributed by atoms with Crippen molar-refractivity contribution in [3.63, 3.8) is 0 Å². The van der Waals surface area contributed by atoms with E-state index in [2.05, 4.69) is 21.3 Å². The molecule has 6 rings (SSSR count). The van der Waals surface area contributed by atoms with Crippen molar-refractivity contribution in [2.24, 2.45) is 5.92 Å². The fourth-order valence-electron chi connectivity index (χ4n) is 6.16. The molecule has 2 fully saturated rings. The van der Waals surface area contributed by atoms with Crippen molar-refractivity contribution in [2.75, 3.05) is 35.8 Å². The molecule has 1 saturated carbocycles. The molecule has 36 heavy (non-hydrogen) atoms. The van der Waals surface area contributed by atoms with Gasteiger partial charge in [-0.05, 0) is 55.9 Å². The van der Waals surface area contributed by atoms with E-state index in [1.165, 1.54) is 35.8 Å². The first-order valence-corrected chi connectivity index (χ1v) is 14.1. The maximum absolute atomic E-state index is 13.9. The van der Waals surface area contributed by atoms with E-state index in [4.69, 9.17) is 11.6 Å². The molecule has 0 amide bonds. The number of benzene rings is 2. The molecule has 8 nitrogen and oxygen atoms in total. The van der Waals surface area contributed by atoms with Gasteiger partial charge in [-0.1, -0.05) is 17.7 Å². The maximum Gasteiger partial charge on any atom is 0.265 e. The van der Waals surface area contributed by atoms with E-state index in [1.54, 1.807) is 24.3 Å². The number of rotatable bonds is 6. The van der Waals surface area contributed by atoms with Gasteiger partial charge in [-0.3, -0.25) is 14.0 Å². The average Bonchev–Trinajstić information content (AvgIpc) is 3.62. The number of aromatic amines is 1. The molecule has 3 aromatic rings. The number of hydrogen-bond acceptors (Lipinski definition) is 6. The van der Waals surface area contributed by atoms with E-state index >= 15 is 0 Å². The summed E-state index contributed by atoms with van der Waals surface area (Å²) in [6, 6.07) is 10.9. The number of piperidine rings is 1. The summed E-state index contributed by atoms with van der Waals surface area (Å²) in [4.78, 5) is 17.4. The number of nitrogens with one attached hydrogen (secondary N) is 2.